The summed E-state index contributed by atoms with van der Waals surface area (Å²) in [6, 6.07) is 57.3. The molecule has 10 rings (SSSR count). The Hall–Kier alpha value is -5.40. The molecule has 1 fully saturated rings. The summed E-state index contributed by atoms with van der Waals surface area (Å²) in [5.74, 6) is 2.07. The van der Waals surface area contributed by atoms with E-state index in [2.05, 4.69) is 177 Å². The fraction of sp³-hybridized carbons (Fsp3) is 0.216. The number of aromatic nitrogens is 1. The lowest BCUT2D eigenvalue weighted by atomic mass is 9.64. The van der Waals surface area contributed by atoms with Crippen LogP contribution in [0.3, 0.4) is 0 Å². The molecule has 2 aliphatic carbocycles. The average Bonchev–Trinajstić information content (AvgIpc) is 3.62. The van der Waals surface area contributed by atoms with Crippen molar-refractivity contribution in [3.63, 3.8) is 0 Å². The van der Waals surface area contributed by atoms with Crippen molar-refractivity contribution in [3.05, 3.63) is 163 Å². The summed E-state index contributed by atoms with van der Waals surface area (Å²) in [7, 11) is 0. The molecule has 4 unspecified atom stereocenters. The lowest BCUT2D eigenvalue weighted by Gasteiger charge is -2.38. The number of hydrogen-bond donors (Lipinski definition) is 0. The van der Waals surface area contributed by atoms with E-state index >= 15 is 0 Å². The van der Waals surface area contributed by atoms with Crippen LogP contribution in [0.2, 0.25) is 0 Å². The van der Waals surface area contributed by atoms with Crippen LogP contribution in [0, 0.1) is 17.8 Å². The van der Waals surface area contributed by atoms with Crippen LogP contribution in [0.5, 0.6) is 0 Å². The molecule has 0 amide bonds. The van der Waals surface area contributed by atoms with Crippen LogP contribution in [0.25, 0.3) is 71.6 Å². The summed E-state index contributed by atoms with van der Waals surface area (Å²) in [6.07, 6.45) is 5.13. The summed E-state index contributed by atoms with van der Waals surface area (Å²) < 4.78 is 2.48. The van der Waals surface area contributed by atoms with E-state index in [1.165, 1.54) is 97.3 Å². The van der Waals surface area contributed by atoms with Crippen molar-refractivity contribution in [1.29, 1.82) is 0 Å². The Morgan fingerprint density at radius 2 is 1.23 bits per heavy atom. The van der Waals surface area contributed by atoms with Crippen molar-refractivity contribution in [2.75, 3.05) is 0 Å². The van der Waals surface area contributed by atoms with Gasteiger partial charge in [0.25, 0.3) is 0 Å². The summed E-state index contributed by atoms with van der Waals surface area (Å²) in [5, 5.41) is 5.11. The van der Waals surface area contributed by atoms with Gasteiger partial charge in [0.1, 0.15) is 0 Å². The molecule has 2 aliphatic rings. The fourth-order valence-electron chi connectivity index (χ4n) is 10.5. The van der Waals surface area contributed by atoms with Gasteiger partial charge in [-0.15, -0.1) is 0 Å². The standard InChI is InChI=1S/C51H45N/c1-4-35-26-33(2)32-51(34(3)27-35)47-18-9-7-16-43(47)44-24-22-40(30-48(44)51)41-23-25-46-45-17-8-10-19-49(45)52(50(46)31-41)42-15-11-14-38(29-42)39-21-20-36-12-5-6-13-37(36)28-39/h5-25,28-31,33-35H,4,26-27,32H2,1-3H3. The first-order valence-electron chi connectivity index (χ1n) is 19.4. The fourth-order valence-corrected chi connectivity index (χ4v) is 10.5. The molecule has 4 atom stereocenters. The van der Waals surface area contributed by atoms with Gasteiger partial charge in [-0.25, -0.2) is 0 Å². The quantitative estimate of drug-likeness (QED) is 0.175. The lowest BCUT2D eigenvalue weighted by Crippen LogP contribution is -2.34. The van der Waals surface area contributed by atoms with Gasteiger partial charge in [0.05, 0.1) is 11.0 Å². The Bertz CT molecular complexity index is 2660. The molecule has 1 heterocycles. The highest BCUT2D eigenvalue weighted by atomic mass is 15.0. The third kappa shape index (κ3) is 4.75. The molecule has 1 nitrogen and oxygen atoms in total. The van der Waals surface area contributed by atoms with Gasteiger partial charge < -0.3 is 4.57 Å². The van der Waals surface area contributed by atoms with Crippen LogP contribution in [0.4, 0.5) is 0 Å². The predicted molar refractivity (Wildman–Crippen MR) is 221 cm³/mol. The first-order valence-corrected chi connectivity index (χ1v) is 19.4. The largest absolute Gasteiger partial charge is 0.309 e. The van der Waals surface area contributed by atoms with Crippen molar-refractivity contribution >= 4 is 32.6 Å². The smallest absolute Gasteiger partial charge is 0.0547 e. The SMILES string of the molecule is CCC1CC(C)CC2(c3ccccc3-c3ccc(-c4ccc5c6ccccc6n(-c6cccc(-c7ccc8ccccc8c7)c6)c5c4)cc32)C(C)C1. The Labute approximate surface area is 307 Å². The van der Waals surface area contributed by atoms with E-state index in [1.54, 1.807) is 11.1 Å². The van der Waals surface area contributed by atoms with Gasteiger partial charge in [-0.1, -0.05) is 142 Å². The maximum Gasteiger partial charge on any atom is 0.0547 e. The van der Waals surface area contributed by atoms with Crippen LogP contribution in [-0.4, -0.2) is 4.57 Å². The summed E-state index contributed by atoms with van der Waals surface area (Å²) >= 11 is 0. The van der Waals surface area contributed by atoms with Crippen LogP contribution >= 0.6 is 0 Å². The molecule has 1 aromatic heterocycles. The molecule has 0 aliphatic heterocycles. The molecule has 7 aromatic carbocycles. The third-order valence-corrected chi connectivity index (χ3v) is 12.9. The zero-order valence-electron chi connectivity index (χ0n) is 30.4. The van der Waals surface area contributed by atoms with Crippen LogP contribution in [-0.2, 0) is 5.41 Å². The van der Waals surface area contributed by atoms with E-state index in [9.17, 15) is 0 Å². The number of benzene rings is 7. The second-order valence-electron chi connectivity index (χ2n) is 15.9. The summed E-state index contributed by atoms with van der Waals surface area (Å²) in [6.45, 7) is 7.45. The molecule has 1 saturated carbocycles. The zero-order chi connectivity index (χ0) is 35.0. The van der Waals surface area contributed by atoms with Gasteiger partial charge in [0.2, 0.25) is 0 Å². The topological polar surface area (TPSA) is 4.93 Å². The molecule has 0 N–H and O–H groups in total. The minimum absolute atomic E-state index is 0.0491. The molecule has 1 heteroatoms. The molecule has 0 bridgehead atoms. The Morgan fingerprint density at radius 1 is 0.538 bits per heavy atom. The molecule has 254 valence electrons. The second kappa shape index (κ2) is 12.1. The van der Waals surface area contributed by atoms with E-state index < -0.39 is 0 Å². The first-order chi connectivity index (χ1) is 25.5. The van der Waals surface area contributed by atoms with Crippen molar-refractivity contribution in [1.82, 2.24) is 4.57 Å². The van der Waals surface area contributed by atoms with Crippen LogP contribution < -0.4 is 0 Å². The summed E-state index contributed by atoms with van der Waals surface area (Å²) in [4.78, 5) is 0. The predicted octanol–water partition coefficient (Wildman–Crippen LogP) is 14.0. The highest BCUT2D eigenvalue weighted by Crippen LogP contribution is 2.59. The van der Waals surface area contributed by atoms with Crippen molar-refractivity contribution in [2.45, 2.75) is 51.9 Å². The Kier molecular flexibility index (Phi) is 7.29. The Morgan fingerprint density at radius 3 is 2.13 bits per heavy atom. The van der Waals surface area contributed by atoms with Gasteiger partial charge in [0.15, 0.2) is 0 Å². The molecular weight excluding hydrogens is 627 g/mol. The second-order valence-corrected chi connectivity index (χ2v) is 15.9. The normalized spacial score (nSPS) is 21.1. The van der Waals surface area contributed by atoms with E-state index in [1.807, 2.05) is 0 Å². The van der Waals surface area contributed by atoms with E-state index in [-0.39, 0.29) is 5.41 Å². The lowest BCUT2D eigenvalue weighted by molar-refractivity contribution is 0.296. The van der Waals surface area contributed by atoms with Gasteiger partial charge in [-0.05, 0) is 129 Å². The van der Waals surface area contributed by atoms with Crippen molar-refractivity contribution < 1.29 is 0 Å². The molecule has 8 aromatic rings. The maximum absolute atomic E-state index is 2.58. The average molecular weight is 672 g/mol. The highest BCUT2D eigenvalue weighted by Gasteiger charge is 2.49. The van der Waals surface area contributed by atoms with Crippen molar-refractivity contribution in [2.24, 2.45) is 17.8 Å². The minimum Gasteiger partial charge on any atom is -0.309 e. The zero-order valence-corrected chi connectivity index (χ0v) is 30.4. The van der Waals surface area contributed by atoms with E-state index in [0.717, 1.165) is 5.92 Å². The van der Waals surface area contributed by atoms with Gasteiger partial charge in [-0.3, -0.25) is 0 Å². The molecule has 0 saturated heterocycles. The maximum atomic E-state index is 2.58. The van der Waals surface area contributed by atoms with Gasteiger partial charge in [-0.2, -0.15) is 0 Å². The summed E-state index contributed by atoms with van der Waals surface area (Å²) in [5.41, 5.74) is 14.8. The number of fused-ring (bicyclic) bond motifs is 9. The Balaban J connectivity index is 1.13. The molecule has 52 heavy (non-hydrogen) atoms. The number of rotatable bonds is 4. The monoisotopic (exact) mass is 671 g/mol. The highest BCUT2D eigenvalue weighted by molar-refractivity contribution is 6.10. The van der Waals surface area contributed by atoms with Crippen molar-refractivity contribution in [3.8, 4) is 39.1 Å². The van der Waals surface area contributed by atoms with Crippen LogP contribution in [0.1, 0.15) is 57.6 Å². The van der Waals surface area contributed by atoms with Gasteiger partial charge >= 0.3 is 0 Å². The molecular formula is C51H45N. The number of nitrogens with zero attached hydrogens (tertiary/aromatic N) is 1. The molecule has 1 spiro atoms. The van der Waals surface area contributed by atoms with E-state index in [4.69, 9.17) is 0 Å². The minimum atomic E-state index is 0.0491. The first kappa shape index (κ1) is 31.3. The van der Waals surface area contributed by atoms with Crippen LogP contribution in [0.15, 0.2) is 152 Å². The van der Waals surface area contributed by atoms with E-state index in [0.29, 0.717) is 11.8 Å². The third-order valence-electron chi connectivity index (χ3n) is 12.9. The van der Waals surface area contributed by atoms with Gasteiger partial charge in [0, 0.05) is 21.9 Å². The number of hydrogen-bond acceptors (Lipinski definition) is 0. The molecule has 0 radical (unpaired) electrons. The number of para-hydroxylation sites is 1.